The number of fused-ring (bicyclic) bond motifs is 1. The second-order valence-electron chi connectivity index (χ2n) is 5.52. The number of nitrogens with zero attached hydrogens (tertiary/aromatic N) is 1. The smallest absolute Gasteiger partial charge is 0.145 e. The molecule has 2 aromatic carbocycles. The van der Waals surface area contributed by atoms with Crippen LogP contribution in [0.15, 0.2) is 48.0 Å². The first-order chi connectivity index (χ1) is 11.6. The molecule has 0 unspecified atom stereocenters. The van der Waals surface area contributed by atoms with Crippen molar-refractivity contribution in [2.75, 3.05) is 19.5 Å². The molecular weight excluding hydrogens is 302 g/mol. The van der Waals surface area contributed by atoms with Gasteiger partial charge in [0.25, 0.3) is 0 Å². The van der Waals surface area contributed by atoms with Crippen LogP contribution in [0.2, 0.25) is 0 Å². The van der Waals surface area contributed by atoms with E-state index < -0.39 is 0 Å². The van der Waals surface area contributed by atoms with Gasteiger partial charge in [0.15, 0.2) is 0 Å². The molecule has 3 N–H and O–H groups in total. The largest absolute Gasteiger partial charge is 0.494 e. The van der Waals surface area contributed by atoms with Gasteiger partial charge in [0.2, 0.25) is 0 Å². The maximum absolute atomic E-state index is 5.96. The molecule has 5 nitrogen and oxygen atoms in total. The van der Waals surface area contributed by atoms with Gasteiger partial charge < -0.3 is 20.5 Å². The lowest BCUT2D eigenvalue weighted by atomic mass is 10.1. The first-order valence-electron chi connectivity index (χ1n) is 7.88. The molecule has 0 amide bonds. The Labute approximate surface area is 141 Å². The third-order valence-corrected chi connectivity index (χ3v) is 3.76. The molecule has 0 spiro atoms. The molecule has 0 aromatic heterocycles. The molecule has 3 rings (SSSR count). The number of anilines is 1. The van der Waals surface area contributed by atoms with Gasteiger partial charge in [-0.3, -0.25) is 0 Å². The van der Waals surface area contributed by atoms with Crippen LogP contribution in [0.4, 0.5) is 11.4 Å². The van der Waals surface area contributed by atoms with Gasteiger partial charge in [-0.05, 0) is 30.7 Å². The Morgan fingerprint density at radius 3 is 2.75 bits per heavy atom. The molecule has 0 fully saturated rings. The van der Waals surface area contributed by atoms with Gasteiger partial charge in [0, 0.05) is 16.9 Å². The zero-order valence-electron chi connectivity index (χ0n) is 13.9. The highest BCUT2D eigenvalue weighted by atomic mass is 16.5. The van der Waals surface area contributed by atoms with Gasteiger partial charge in [-0.25, -0.2) is 4.99 Å². The summed E-state index contributed by atoms with van der Waals surface area (Å²) in [5, 5.41) is 3.25. The van der Waals surface area contributed by atoms with E-state index in [-0.39, 0.29) is 0 Å². The number of amidine groups is 1. The van der Waals surface area contributed by atoms with Crippen molar-refractivity contribution in [3.63, 3.8) is 0 Å². The number of hydrogen-bond donors (Lipinski definition) is 2. The van der Waals surface area contributed by atoms with E-state index in [1.807, 2.05) is 36.4 Å². The molecular formula is C19H21N3O2. The number of nitrogens with one attached hydrogen (secondary N) is 1. The van der Waals surface area contributed by atoms with E-state index in [1.165, 1.54) is 0 Å². The third kappa shape index (κ3) is 2.93. The molecule has 24 heavy (non-hydrogen) atoms. The molecule has 124 valence electrons. The van der Waals surface area contributed by atoms with Crippen molar-refractivity contribution in [1.29, 1.82) is 0 Å². The second-order valence-corrected chi connectivity index (χ2v) is 5.52. The van der Waals surface area contributed by atoms with E-state index >= 15 is 0 Å². The quantitative estimate of drug-likeness (QED) is 0.823. The van der Waals surface area contributed by atoms with Gasteiger partial charge in [0.05, 0.1) is 19.3 Å². The van der Waals surface area contributed by atoms with Crippen LogP contribution in [0.3, 0.4) is 0 Å². The van der Waals surface area contributed by atoms with Crippen molar-refractivity contribution in [2.45, 2.75) is 13.3 Å². The summed E-state index contributed by atoms with van der Waals surface area (Å²) in [6, 6.07) is 11.3. The van der Waals surface area contributed by atoms with Crippen molar-refractivity contribution in [2.24, 2.45) is 4.99 Å². The predicted molar refractivity (Wildman–Crippen MR) is 98.0 cm³/mol. The van der Waals surface area contributed by atoms with E-state index in [9.17, 15) is 0 Å². The monoisotopic (exact) mass is 323 g/mol. The Kier molecular flexibility index (Phi) is 4.42. The minimum Gasteiger partial charge on any atom is -0.494 e. The normalized spacial score (nSPS) is 12.9. The van der Waals surface area contributed by atoms with Crippen molar-refractivity contribution < 1.29 is 9.47 Å². The van der Waals surface area contributed by atoms with Crippen LogP contribution in [0.1, 0.15) is 24.5 Å². The van der Waals surface area contributed by atoms with Gasteiger partial charge in [-0.1, -0.05) is 25.6 Å². The first kappa shape index (κ1) is 15.9. The van der Waals surface area contributed by atoms with E-state index in [0.717, 1.165) is 34.7 Å². The number of aliphatic imine (C=N–C) groups is 1. The molecule has 1 heterocycles. The molecule has 0 bridgehead atoms. The summed E-state index contributed by atoms with van der Waals surface area (Å²) in [5.74, 6) is 2.09. The maximum atomic E-state index is 5.96. The van der Waals surface area contributed by atoms with Crippen LogP contribution in [0.5, 0.6) is 11.5 Å². The lowest BCUT2D eigenvalue weighted by Crippen LogP contribution is -2.26. The summed E-state index contributed by atoms with van der Waals surface area (Å²) >= 11 is 0. The highest BCUT2D eigenvalue weighted by Gasteiger charge is 2.21. The number of rotatable bonds is 5. The van der Waals surface area contributed by atoms with Gasteiger partial charge in [0.1, 0.15) is 23.0 Å². The highest BCUT2D eigenvalue weighted by Crippen LogP contribution is 2.38. The fourth-order valence-electron chi connectivity index (χ4n) is 2.59. The van der Waals surface area contributed by atoms with Crippen LogP contribution in [-0.4, -0.2) is 19.6 Å². The second kappa shape index (κ2) is 6.66. The Morgan fingerprint density at radius 2 is 2.00 bits per heavy atom. The molecule has 0 radical (unpaired) electrons. The molecule has 0 saturated heterocycles. The molecule has 0 saturated carbocycles. The van der Waals surface area contributed by atoms with Crippen LogP contribution in [0, 0.1) is 0 Å². The maximum Gasteiger partial charge on any atom is 0.145 e. The lowest BCUT2D eigenvalue weighted by Gasteiger charge is -2.23. The van der Waals surface area contributed by atoms with Gasteiger partial charge in [-0.15, -0.1) is 0 Å². The fourth-order valence-corrected chi connectivity index (χ4v) is 2.59. The van der Waals surface area contributed by atoms with E-state index in [1.54, 1.807) is 7.11 Å². The summed E-state index contributed by atoms with van der Waals surface area (Å²) < 4.78 is 11.3. The Bertz CT molecular complexity index is 812. The number of nitrogen functional groups attached to an aromatic ring is 1. The first-order valence-corrected chi connectivity index (χ1v) is 7.88. The number of nitrogens with two attached hydrogens (primary N) is 1. The molecule has 0 atom stereocenters. The minimum atomic E-state index is 0.630. The molecule has 5 heteroatoms. The average Bonchev–Trinajstić information content (AvgIpc) is 2.60. The third-order valence-electron chi connectivity index (χ3n) is 3.76. The van der Waals surface area contributed by atoms with Crippen LogP contribution in [0.25, 0.3) is 5.70 Å². The zero-order valence-corrected chi connectivity index (χ0v) is 13.9. The van der Waals surface area contributed by atoms with Crippen LogP contribution in [-0.2, 0) is 0 Å². The average molecular weight is 323 g/mol. The Morgan fingerprint density at radius 1 is 1.17 bits per heavy atom. The zero-order chi connectivity index (χ0) is 17.1. The van der Waals surface area contributed by atoms with E-state index in [2.05, 4.69) is 18.8 Å². The number of para-hydroxylation sites is 1. The summed E-state index contributed by atoms with van der Waals surface area (Å²) in [6.45, 7) is 6.80. The Hall–Kier alpha value is -2.95. The minimum absolute atomic E-state index is 0.630. The lowest BCUT2D eigenvalue weighted by molar-refractivity contribution is 0.317. The predicted octanol–water partition coefficient (Wildman–Crippen LogP) is 3.72. The topological polar surface area (TPSA) is 68.9 Å². The standard InChI is InChI=1S/C19H21N3O2/c1-4-10-24-16-9-8-13(20)11-15(16)19-21-12(2)14-6-5-7-17(23-3)18(14)22-19/h5-9,11H,2,4,10,20H2,1,3H3,(H,21,22). The summed E-state index contributed by atoms with van der Waals surface area (Å²) in [4.78, 5) is 4.73. The van der Waals surface area contributed by atoms with E-state index in [0.29, 0.717) is 23.9 Å². The SMILES string of the molecule is C=C1NC(c2cc(N)ccc2OCCC)=Nc2c(OC)cccc21. The number of benzene rings is 2. The highest BCUT2D eigenvalue weighted by molar-refractivity contribution is 6.10. The van der Waals surface area contributed by atoms with Crippen LogP contribution >= 0.6 is 0 Å². The van der Waals surface area contributed by atoms with Crippen molar-refractivity contribution >= 4 is 22.9 Å². The summed E-state index contributed by atoms with van der Waals surface area (Å²) in [7, 11) is 1.63. The van der Waals surface area contributed by atoms with Crippen molar-refractivity contribution in [3.05, 3.63) is 54.1 Å². The number of methoxy groups -OCH3 is 1. The van der Waals surface area contributed by atoms with Gasteiger partial charge >= 0.3 is 0 Å². The molecule has 2 aromatic rings. The van der Waals surface area contributed by atoms with Gasteiger partial charge in [-0.2, -0.15) is 0 Å². The fraction of sp³-hybridized carbons (Fsp3) is 0.211. The number of ether oxygens (including phenoxy) is 2. The summed E-state index contributed by atoms with van der Waals surface area (Å²) in [6.07, 6.45) is 0.924. The molecule has 1 aliphatic rings. The van der Waals surface area contributed by atoms with Crippen LogP contribution < -0.4 is 20.5 Å². The number of hydrogen-bond acceptors (Lipinski definition) is 5. The van der Waals surface area contributed by atoms with Crippen molar-refractivity contribution in [3.8, 4) is 11.5 Å². The Balaban J connectivity index is 2.11. The van der Waals surface area contributed by atoms with Crippen molar-refractivity contribution in [1.82, 2.24) is 5.32 Å². The molecule has 1 aliphatic heterocycles. The van der Waals surface area contributed by atoms with E-state index in [4.69, 9.17) is 20.2 Å². The molecule has 0 aliphatic carbocycles. The summed E-state index contributed by atoms with van der Waals surface area (Å²) in [5.41, 5.74) is 9.85.